The summed E-state index contributed by atoms with van der Waals surface area (Å²) >= 11 is 6.13. The van der Waals surface area contributed by atoms with E-state index in [1.54, 1.807) is 12.1 Å². The predicted octanol–water partition coefficient (Wildman–Crippen LogP) is 6.84. The van der Waals surface area contributed by atoms with Gasteiger partial charge < -0.3 is 9.88 Å². The van der Waals surface area contributed by atoms with Crippen molar-refractivity contribution < 1.29 is 4.79 Å². The van der Waals surface area contributed by atoms with E-state index in [9.17, 15) is 9.59 Å². The molecule has 4 nitrogen and oxygen atoms in total. The lowest BCUT2D eigenvalue weighted by molar-refractivity contribution is 0.102. The van der Waals surface area contributed by atoms with E-state index in [0.717, 1.165) is 46.6 Å². The number of carbonyl (C=O) groups excluding carboxylic acids is 1. The molecule has 1 amide bonds. The first-order chi connectivity index (χ1) is 16.4. The van der Waals surface area contributed by atoms with Crippen LogP contribution in [0.1, 0.15) is 41.0 Å². The number of hydrogen-bond acceptors (Lipinski definition) is 2. The molecule has 1 N–H and O–H groups in total. The summed E-state index contributed by atoms with van der Waals surface area (Å²) in [5, 5.41) is 3.70. The molecule has 34 heavy (non-hydrogen) atoms. The van der Waals surface area contributed by atoms with Gasteiger partial charge >= 0.3 is 0 Å². The van der Waals surface area contributed by atoms with E-state index in [4.69, 9.17) is 11.6 Å². The van der Waals surface area contributed by atoms with Crippen LogP contribution in [-0.4, -0.2) is 10.5 Å². The first-order valence-electron chi connectivity index (χ1n) is 11.4. The molecule has 0 bridgehead atoms. The van der Waals surface area contributed by atoms with E-state index in [2.05, 4.69) is 19.2 Å². The van der Waals surface area contributed by atoms with Gasteiger partial charge in [0.25, 0.3) is 5.91 Å². The van der Waals surface area contributed by atoms with E-state index >= 15 is 0 Å². The zero-order valence-corrected chi connectivity index (χ0v) is 20.3. The molecule has 0 saturated carbocycles. The molecule has 0 saturated heterocycles. The summed E-state index contributed by atoms with van der Waals surface area (Å²) in [6.45, 7) is 5.98. The Labute approximate surface area is 204 Å². The normalized spacial score (nSPS) is 10.8. The number of rotatable bonds is 6. The van der Waals surface area contributed by atoms with Crippen molar-refractivity contribution >= 4 is 23.2 Å². The summed E-state index contributed by atoms with van der Waals surface area (Å²) < 4.78 is 1.94. The number of amides is 1. The number of pyridine rings is 1. The van der Waals surface area contributed by atoms with Crippen molar-refractivity contribution in [2.45, 2.75) is 33.6 Å². The van der Waals surface area contributed by atoms with Crippen LogP contribution in [0.4, 0.5) is 5.69 Å². The number of nitrogens with one attached hydrogen (secondary N) is 1. The summed E-state index contributed by atoms with van der Waals surface area (Å²) in [6, 6.07) is 24.4. The van der Waals surface area contributed by atoms with Crippen LogP contribution < -0.4 is 10.7 Å². The molecule has 0 atom stereocenters. The second-order valence-corrected chi connectivity index (χ2v) is 8.60. The lowest BCUT2D eigenvalue weighted by Crippen LogP contribution is -2.27. The molecule has 0 radical (unpaired) electrons. The number of nitrogens with zero attached hydrogens (tertiary/aromatic N) is 1. The summed E-state index contributed by atoms with van der Waals surface area (Å²) in [5.74, 6) is -0.415. The van der Waals surface area contributed by atoms with E-state index in [1.165, 1.54) is 6.07 Å². The second-order valence-electron chi connectivity index (χ2n) is 8.16. The van der Waals surface area contributed by atoms with Crippen LogP contribution in [0.15, 0.2) is 83.7 Å². The highest BCUT2D eigenvalue weighted by Gasteiger charge is 2.23. The lowest BCUT2D eigenvalue weighted by Gasteiger charge is -2.21. The van der Waals surface area contributed by atoms with Gasteiger partial charge in [-0.15, -0.1) is 0 Å². The molecule has 1 aromatic heterocycles. The smallest absolute Gasteiger partial charge is 0.261 e. The molecule has 1 heterocycles. The van der Waals surface area contributed by atoms with Crippen LogP contribution in [0.2, 0.25) is 5.02 Å². The zero-order valence-electron chi connectivity index (χ0n) is 19.6. The van der Waals surface area contributed by atoms with Gasteiger partial charge in [-0.3, -0.25) is 9.59 Å². The van der Waals surface area contributed by atoms with Crippen LogP contribution in [0.25, 0.3) is 16.9 Å². The number of carbonyl (C=O) groups is 1. The number of benzene rings is 3. The summed E-state index contributed by atoms with van der Waals surface area (Å²) in [7, 11) is 0. The van der Waals surface area contributed by atoms with Gasteiger partial charge in [0, 0.05) is 28.2 Å². The van der Waals surface area contributed by atoms with Gasteiger partial charge in [0.15, 0.2) is 5.43 Å². The summed E-state index contributed by atoms with van der Waals surface area (Å²) in [5.41, 5.74) is 5.54. The van der Waals surface area contributed by atoms with Gasteiger partial charge in [0.05, 0.1) is 5.69 Å². The fourth-order valence-electron chi connectivity index (χ4n) is 4.32. The summed E-state index contributed by atoms with van der Waals surface area (Å²) in [4.78, 5) is 27.1. The third-order valence-corrected chi connectivity index (χ3v) is 6.25. The Morgan fingerprint density at radius 3 is 2.09 bits per heavy atom. The van der Waals surface area contributed by atoms with Crippen LogP contribution >= 0.6 is 11.6 Å². The average Bonchev–Trinajstić information content (AvgIpc) is 2.85. The monoisotopic (exact) mass is 470 g/mol. The van der Waals surface area contributed by atoms with Crippen molar-refractivity contribution in [1.82, 2.24) is 4.57 Å². The molecule has 3 aromatic carbocycles. The Kier molecular flexibility index (Phi) is 6.99. The molecule has 0 aliphatic carbocycles. The van der Waals surface area contributed by atoms with Crippen molar-refractivity contribution in [2.24, 2.45) is 0 Å². The Bertz CT molecular complexity index is 1370. The first kappa shape index (κ1) is 23.5. The predicted molar refractivity (Wildman–Crippen MR) is 140 cm³/mol. The topological polar surface area (TPSA) is 51.1 Å². The Morgan fingerprint density at radius 1 is 0.882 bits per heavy atom. The first-order valence-corrected chi connectivity index (χ1v) is 11.8. The fourth-order valence-corrected chi connectivity index (χ4v) is 4.45. The minimum Gasteiger partial charge on any atom is -0.321 e. The minimum absolute atomic E-state index is 0.111. The van der Waals surface area contributed by atoms with Crippen molar-refractivity contribution in [3.05, 3.63) is 116 Å². The molecule has 172 valence electrons. The van der Waals surface area contributed by atoms with Gasteiger partial charge in [-0.1, -0.05) is 74.0 Å². The van der Waals surface area contributed by atoms with Gasteiger partial charge in [-0.05, 0) is 60.7 Å². The molecule has 0 unspecified atom stereocenters. The largest absolute Gasteiger partial charge is 0.321 e. The molecule has 0 aliphatic heterocycles. The Balaban J connectivity index is 1.97. The number of halogens is 1. The lowest BCUT2D eigenvalue weighted by atomic mass is 10.00. The van der Waals surface area contributed by atoms with E-state index in [-0.39, 0.29) is 11.0 Å². The third kappa shape index (κ3) is 4.55. The molecule has 0 spiro atoms. The van der Waals surface area contributed by atoms with Crippen molar-refractivity contribution in [3.8, 4) is 16.9 Å². The van der Waals surface area contributed by atoms with E-state index < -0.39 is 5.91 Å². The standard InChI is InChI=1S/C29H27ClN2O2/c1-4-20-12-9-13-21(5-2)27(20)31-29(34)26-25(33)18-19(3)32(24-16-14-23(30)15-17-24)28(26)22-10-7-6-8-11-22/h6-18H,4-5H2,1-3H3,(H,31,34). The third-order valence-electron chi connectivity index (χ3n) is 6.00. The fraction of sp³-hybridized carbons (Fsp3) is 0.172. The number of aryl methyl sites for hydroxylation is 3. The average molecular weight is 471 g/mol. The van der Waals surface area contributed by atoms with Crippen molar-refractivity contribution in [3.63, 3.8) is 0 Å². The maximum absolute atomic E-state index is 13.8. The summed E-state index contributed by atoms with van der Waals surface area (Å²) in [6.07, 6.45) is 1.55. The van der Waals surface area contributed by atoms with Crippen LogP contribution in [0.5, 0.6) is 0 Å². The molecular formula is C29H27ClN2O2. The number of para-hydroxylation sites is 1. The van der Waals surface area contributed by atoms with Crippen LogP contribution in [0, 0.1) is 6.92 Å². The molecule has 4 aromatic rings. The Morgan fingerprint density at radius 2 is 1.50 bits per heavy atom. The van der Waals surface area contributed by atoms with Crippen LogP contribution in [-0.2, 0) is 12.8 Å². The van der Waals surface area contributed by atoms with E-state index in [1.807, 2.05) is 72.2 Å². The second kappa shape index (κ2) is 10.1. The molecule has 0 fully saturated rings. The number of aromatic nitrogens is 1. The Hall–Kier alpha value is -3.63. The molecule has 4 rings (SSSR count). The van der Waals surface area contributed by atoms with Gasteiger partial charge in [0.1, 0.15) is 5.56 Å². The van der Waals surface area contributed by atoms with Gasteiger partial charge in [0.2, 0.25) is 0 Å². The maximum atomic E-state index is 13.8. The number of hydrogen-bond donors (Lipinski definition) is 1. The van der Waals surface area contributed by atoms with Gasteiger partial charge in [-0.25, -0.2) is 0 Å². The highest BCUT2D eigenvalue weighted by Crippen LogP contribution is 2.29. The van der Waals surface area contributed by atoms with E-state index in [0.29, 0.717) is 10.7 Å². The van der Waals surface area contributed by atoms with Gasteiger partial charge in [-0.2, -0.15) is 0 Å². The molecular weight excluding hydrogens is 444 g/mol. The molecule has 0 aliphatic rings. The SMILES string of the molecule is CCc1cccc(CC)c1NC(=O)c1c(-c2ccccc2)n(-c2ccc(Cl)cc2)c(C)cc1=O. The molecule has 5 heteroatoms. The highest BCUT2D eigenvalue weighted by atomic mass is 35.5. The highest BCUT2D eigenvalue weighted by molar-refractivity contribution is 6.30. The quantitative estimate of drug-likeness (QED) is 0.335. The minimum atomic E-state index is -0.415. The maximum Gasteiger partial charge on any atom is 0.261 e. The van der Waals surface area contributed by atoms with Crippen molar-refractivity contribution in [2.75, 3.05) is 5.32 Å². The number of anilines is 1. The van der Waals surface area contributed by atoms with Crippen molar-refractivity contribution in [1.29, 1.82) is 0 Å². The zero-order chi connectivity index (χ0) is 24.2. The van der Waals surface area contributed by atoms with Crippen LogP contribution in [0.3, 0.4) is 0 Å².